The van der Waals surface area contributed by atoms with Crippen molar-refractivity contribution >= 4 is 17.6 Å². The molecule has 0 aliphatic carbocycles. The molecule has 0 spiro atoms. The van der Waals surface area contributed by atoms with E-state index in [1.807, 2.05) is 39.0 Å². The van der Waals surface area contributed by atoms with Crippen LogP contribution in [0.5, 0.6) is 0 Å². The number of carbonyl (C=O) groups is 1. The maximum absolute atomic E-state index is 11.9. The summed E-state index contributed by atoms with van der Waals surface area (Å²) in [5.41, 5.74) is 0.293. The van der Waals surface area contributed by atoms with Crippen LogP contribution < -0.4 is 0 Å². The molecule has 2 nitrogen and oxygen atoms in total. The first-order valence-electron chi connectivity index (χ1n) is 5.48. The lowest BCUT2D eigenvalue weighted by molar-refractivity contribution is -0.149. The molecule has 1 rings (SSSR count). The van der Waals surface area contributed by atoms with E-state index in [1.54, 1.807) is 6.07 Å². The van der Waals surface area contributed by atoms with Gasteiger partial charge in [0, 0.05) is 5.02 Å². The Bertz CT molecular complexity index is 376. The van der Waals surface area contributed by atoms with Gasteiger partial charge in [0.15, 0.2) is 0 Å². The van der Waals surface area contributed by atoms with Crippen molar-refractivity contribution in [1.29, 1.82) is 0 Å². The second kappa shape index (κ2) is 5.35. The maximum Gasteiger partial charge on any atom is 0.316 e. The lowest BCUT2D eigenvalue weighted by Gasteiger charge is -2.26. The largest absolute Gasteiger partial charge is 0.465 e. The number of ether oxygens (including phenoxy) is 1. The number of hydrogen-bond donors (Lipinski definition) is 0. The fraction of sp³-hybridized carbons (Fsp3) is 0.462. The monoisotopic (exact) mass is 240 g/mol. The summed E-state index contributed by atoms with van der Waals surface area (Å²) in [5, 5.41) is 0.640. The van der Waals surface area contributed by atoms with Crippen LogP contribution in [0.4, 0.5) is 0 Å². The van der Waals surface area contributed by atoms with Gasteiger partial charge in [0.1, 0.15) is 0 Å². The number of esters is 1. The van der Waals surface area contributed by atoms with Crippen LogP contribution in [0, 0.1) is 0 Å². The van der Waals surface area contributed by atoms with Crippen molar-refractivity contribution in [1.82, 2.24) is 0 Å². The fourth-order valence-corrected chi connectivity index (χ4v) is 1.78. The molecule has 0 radical (unpaired) electrons. The standard InChI is InChI=1S/C13H17ClO2/c1-4-13(3,12(15)16-5-2)10-7-6-8-11(14)9-10/h6-9H,4-5H2,1-3H3. The first-order chi connectivity index (χ1) is 7.54. The van der Waals surface area contributed by atoms with Crippen LogP contribution in [0.15, 0.2) is 24.3 Å². The van der Waals surface area contributed by atoms with Gasteiger partial charge in [0.05, 0.1) is 12.0 Å². The predicted octanol–water partition coefficient (Wildman–Crippen LogP) is 3.57. The van der Waals surface area contributed by atoms with E-state index in [1.165, 1.54) is 0 Å². The SMILES string of the molecule is CCOC(=O)C(C)(CC)c1cccc(Cl)c1. The zero-order valence-electron chi connectivity index (χ0n) is 9.92. The Hall–Kier alpha value is -1.02. The highest BCUT2D eigenvalue weighted by Gasteiger charge is 2.34. The highest BCUT2D eigenvalue weighted by atomic mass is 35.5. The van der Waals surface area contributed by atoms with E-state index < -0.39 is 5.41 Å². The van der Waals surface area contributed by atoms with E-state index in [-0.39, 0.29) is 5.97 Å². The van der Waals surface area contributed by atoms with Crippen molar-refractivity contribution in [2.24, 2.45) is 0 Å². The molecule has 1 aromatic rings. The minimum Gasteiger partial charge on any atom is -0.465 e. The summed E-state index contributed by atoms with van der Waals surface area (Å²) in [6, 6.07) is 7.38. The molecule has 0 bridgehead atoms. The Kier molecular flexibility index (Phi) is 4.36. The lowest BCUT2D eigenvalue weighted by Crippen LogP contribution is -2.33. The van der Waals surface area contributed by atoms with Crippen molar-refractivity contribution in [2.45, 2.75) is 32.6 Å². The van der Waals surface area contributed by atoms with Gasteiger partial charge in [-0.3, -0.25) is 4.79 Å². The molecule has 1 unspecified atom stereocenters. The number of halogens is 1. The summed E-state index contributed by atoms with van der Waals surface area (Å²) in [5.74, 6) is -0.195. The minimum absolute atomic E-state index is 0.195. The van der Waals surface area contributed by atoms with Crippen molar-refractivity contribution in [3.05, 3.63) is 34.9 Å². The van der Waals surface area contributed by atoms with Crippen LogP contribution in [0.2, 0.25) is 5.02 Å². The second-order valence-electron chi connectivity index (χ2n) is 3.92. The minimum atomic E-state index is -0.610. The third-order valence-electron chi connectivity index (χ3n) is 2.89. The molecule has 0 aliphatic heterocycles. The van der Waals surface area contributed by atoms with Crippen LogP contribution in [-0.2, 0) is 14.9 Å². The number of rotatable bonds is 4. The summed E-state index contributed by atoms with van der Waals surface area (Å²) in [7, 11) is 0. The molecular weight excluding hydrogens is 224 g/mol. The molecule has 0 N–H and O–H groups in total. The Labute approximate surface area is 102 Å². The summed E-state index contributed by atoms with van der Waals surface area (Å²) >= 11 is 5.94. The molecule has 0 saturated carbocycles. The van der Waals surface area contributed by atoms with Crippen molar-refractivity contribution < 1.29 is 9.53 Å². The molecule has 3 heteroatoms. The fourth-order valence-electron chi connectivity index (χ4n) is 1.59. The molecular formula is C13H17ClO2. The van der Waals surface area contributed by atoms with Crippen LogP contribution >= 0.6 is 11.6 Å². The van der Waals surface area contributed by atoms with E-state index in [0.29, 0.717) is 18.1 Å². The van der Waals surface area contributed by atoms with Gasteiger partial charge in [-0.05, 0) is 38.0 Å². The summed E-state index contributed by atoms with van der Waals surface area (Å²) in [4.78, 5) is 11.9. The van der Waals surface area contributed by atoms with Crippen molar-refractivity contribution in [2.75, 3.05) is 6.61 Å². The van der Waals surface area contributed by atoms with Gasteiger partial charge in [0.2, 0.25) is 0 Å². The van der Waals surface area contributed by atoms with E-state index in [4.69, 9.17) is 16.3 Å². The van der Waals surface area contributed by atoms with Crippen LogP contribution in [-0.4, -0.2) is 12.6 Å². The molecule has 0 heterocycles. The average Bonchev–Trinajstić information content (AvgIpc) is 2.28. The van der Waals surface area contributed by atoms with Crippen LogP contribution in [0.3, 0.4) is 0 Å². The number of benzene rings is 1. The van der Waals surface area contributed by atoms with E-state index in [9.17, 15) is 4.79 Å². The topological polar surface area (TPSA) is 26.3 Å². The zero-order chi connectivity index (χ0) is 12.2. The molecule has 0 fully saturated rings. The van der Waals surface area contributed by atoms with Gasteiger partial charge in [-0.25, -0.2) is 0 Å². The van der Waals surface area contributed by atoms with Gasteiger partial charge < -0.3 is 4.74 Å². The third kappa shape index (κ3) is 2.56. The molecule has 0 amide bonds. The molecule has 16 heavy (non-hydrogen) atoms. The summed E-state index contributed by atoms with van der Waals surface area (Å²) in [6.45, 7) is 6.06. The molecule has 88 valence electrons. The van der Waals surface area contributed by atoms with E-state index in [2.05, 4.69) is 0 Å². The zero-order valence-corrected chi connectivity index (χ0v) is 10.7. The molecule has 1 atom stereocenters. The second-order valence-corrected chi connectivity index (χ2v) is 4.35. The van der Waals surface area contributed by atoms with Gasteiger partial charge >= 0.3 is 5.97 Å². The van der Waals surface area contributed by atoms with Crippen LogP contribution in [0.1, 0.15) is 32.8 Å². The first kappa shape index (κ1) is 13.0. The van der Waals surface area contributed by atoms with Crippen molar-refractivity contribution in [3.8, 4) is 0 Å². The van der Waals surface area contributed by atoms with Gasteiger partial charge in [-0.15, -0.1) is 0 Å². The normalized spacial score (nSPS) is 14.2. The maximum atomic E-state index is 11.9. The van der Waals surface area contributed by atoms with Gasteiger partial charge in [0.25, 0.3) is 0 Å². The molecule has 0 aromatic heterocycles. The van der Waals surface area contributed by atoms with Gasteiger partial charge in [-0.1, -0.05) is 30.7 Å². The Balaban J connectivity index is 3.09. The number of carbonyl (C=O) groups excluding carboxylic acids is 1. The highest BCUT2D eigenvalue weighted by molar-refractivity contribution is 6.30. The van der Waals surface area contributed by atoms with E-state index >= 15 is 0 Å². The average molecular weight is 241 g/mol. The molecule has 1 aromatic carbocycles. The summed E-state index contributed by atoms with van der Waals surface area (Å²) in [6.07, 6.45) is 0.687. The smallest absolute Gasteiger partial charge is 0.316 e. The van der Waals surface area contributed by atoms with Gasteiger partial charge in [-0.2, -0.15) is 0 Å². The highest BCUT2D eigenvalue weighted by Crippen LogP contribution is 2.30. The predicted molar refractivity (Wildman–Crippen MR) is 65.7 cm³/mol. The Morgan fingerprint density at radius 3 is 2.62 bits per heavy atom. The Morgan fingerprint density at radius 1 is 1.44 bits per heavy atom. The third-order valence-corrected chi connectivity index (χ3v) is 3.13. The lowest BCUT2D eigenvalue weighted by atomic mass is 9.80. The van der Waals surface area contributed by atoms with E-state index in [0.717, 1.165) is 5.56 Å². The van der Waals surface area contributed by atoms with Crippen molar-refractivity contribution in [3.63, 3.8) is 0 Å². The summed E-state index contributed by atoms with van der Waals surface area (Å²) < 4.78 is 5.11. The molecule has 0 saturated heterocycles. The Morgan fingerprint density at radius 2 is 2.12 bits per heavy atom. The first-order valence-corrected chi connectivity index (χ1v) is 5.85. The quantitative estimate of drug-likeness (QED) is 0.752. The molecule has 0 aliphatic rings. The number of hydrogen-bond acceptors (Lipinski definition) is 2. The van der Waals surface area contributed by atoms with Crippen LogP contribution in [0.25, 0.3) is 0 Å².